The van der Waals surface area contributed by atoms with E-state index in [0.29, 0.717) is 6.54 Å². The van der Waals surface area contributed by atoms with Gasteiger partial charge in [0.05, 0.1) is 33.1 Å². The lowest BCUT2D eigenvalue weighted by molar-refractivity contribution is 1.05. The summed E-state index contributed by atoms with van der Waals surface area (Å²) in [5.74, 6) is 0. The summed E-state index contributed by atoms with van der Waals surface area (Å²) in [4.78, 5) is 0. The fourth-order valence-corrected chi connectivity index (χ4v) is 11.5. The minimum absolute atomic E-state index is 0.672. The number of aromatic nitrogens is 3. The van der Waals surface area contributed by atoms with Gasteiger partial charge < -0.3 is 19.0 Å². The van der Waals surface area contributed by atoms with Gasteiger partial charge in [0.15, 0.2) is 0 Å². The predicted octanol–water partition coefficient (Wildman–Crippen LogP) is 17.1. The highest BCUT2D eigenvalue weighted by Gasteiger charge is 2.20. The second-order valence-corrected chi connectivity index (χ2v) is 18.9. The van der Waals surface area contributed by atoms with E-state index in [1.807, 2.05) is 0 Å². The van der Waals surface area contributed by atoms with E-state index in [0.717, 1.165) is 47.4 Å². The number of hydrogen-bond donors (Lipinski definition) is 1. The Labute approximate surface area is 406 Å². The summed E-state index contributed by atoms with van der Waals surface area (Å²) in [7, 11) is 0. The second kappa shape index (κ2) is 16.4. The van der Waals surface area contributed by atoms with Crippen LogP contribution in [0.25, 0.3) is 98.8 Å². The van der Waals surface area contributed by atoms with E-state index in [9.17, 15) is 0 Å². The second-order valence-electron chi connectivity index (χ2n) is 18.9. The molecule has 3 aromatic heterocycles. The Morgan fingerprint density at radius 3 is 1.47 bits per heavy atom. The third-order valence-corrected chi connectivity index (χ3v) is 14.8. The third-order valence-electron chi connectivity index (χ3n) is 14.8. The zero-order chi connectivity index (χ0) is 46.1. The number of anilines is 1. The molecule has 3 heterocycles. The van der Waals surface area contributed by atoms with Gasteiger partial charge in [-0.25, -0.2) is 0 Å². The summed E-state index contributed by atoms with van der Waals surface area (Å²) in [5, 5.41) is 13.9. The van der Waals surface area contributed by atoms with Crippen LogP contribution in [0.3, 0.4) is 0 Å². The molecule has 4 nitrogen and oxygen atoms in total. The molecule has 1 aliphatic carbocycles. The highest BCUT2D eigenvalue weighted by atomic mass is 15.0. The van der Waals surface area contributed by atoms with E-state index in [1.165, 1.54) is 98.7 Å². The Morgan fingerprint density at radius 1 is 0.386 bits per heavy atom. The summed E-state index contributed by atoms with van der Waals surface area (Å²) in [6.07, 6.45) is 9.74. The fraction of sp³-hybridized carbons (Fsp3) is 0.0606. The lowest BCUT2D eigenvalue weighted by atomic mass is 9.94. The number of rotatable bonds is 9. The molecule has 1 N–H and O–H groups in total. The molecule has 70 heavy (non-hydrogen) atoms. The molecule has 10 aromatic carbocycles. The molecule has 0 fully saturated rings. The van der Waals surface area contributed by atoms with Crippen LogP contribution in [0.1, 0.15) is 35.1 Å². The molecule has 0 bridgehead atoms. The monoisotopic (exact) mass is 896 g/mol. The van der Waals surface area contributed by atoms with Gasteiger partial charge in [0.1, 0.15) is 0 Å². The maximum Gasteiger partial charge on any atom is 0.0561 e. The highest BCUT2D eigenvalue weighted by Crippen LogP contribution is 2.40. The van der Waals surface area contributed by atoms with Crippen molar-refractivity contribution in [1.82, 2.24) is 13.7 Å². The minimum Gasteiger partial charge on any atom is -0.380 e. The molecule has 0 atom stereocenters. The fourth-order valence-electron chi connectivity index (χ4n) is 11.5. The van der Waals surface area contributed by atoms with Gasteiger partial charge in [0.25, 0.3) is 0 Å². The Kier molecular flexibility index (Phi) is 9.44. The molecule has 0 radical (unpaired) electrons. The van der Waals surface area contributed by atoms with Crippen LogP contribution < -0.4 is 5.32 Å². The van der Waals surface area contributed by atoms with Crippen LogP contribution in [-0.4, -0.2) is 13.7 Å². The molecular formula is C66H48N4. The third kappa shape index (κ3) is 6.59. The number of fused-ring (bicyclic) bond motifs is 10. The first-order valence-electron chi connectivity index (χ1n) is 24.6. The van der Waals surface area contributed by atoms with Crippen LogP contribution in [0, 0.1) is 0 Å². The van der Waals surface area contributed by atoms with E-state index >= 15 is 0 Å². The molecule has 1 aliphatic rings. The zero-order valence-corrected chi connectivity index (χ0v) is 38.7. The first-order valence-corrected chi connectivity index (χ1v) is 24.6. The summed E-state index contributed by atoms with van der Waals surface area (Å²) >= 11 is 0. The average Bonchev–Trinajstić information content (AvgIpc) is 4.06. The zero-order valence-electron chi connectivity index (χ0n) is 38.7. The number of nitrogens with zero attached hydrogens (tertiary/aromatic N) is 3. The van der Waals surface area contributed by atoms with Crippen molar-refractivity contribution in [1.29, 1.82) is 0 Å². The molecule has 4 heteroatoms. The van der Waals surface area contributed by atoms with E-state index in [-0.39, 0.29) is 0 Å². The van der Waals surface area contributed by atoms with E-state index in [1.54, 1.807) is 0 Å². The van der Waals surface area contributed by atoms with Gasteiger partial charge in [-0.1, -0.05) is 176 Å². The summed E-state index contributed by atoms with van der Waals surface area (Å²) in [6, 6.07) is 80.9. The molecule has 0 spiro atoms. The van der Waals surface area contributed by atoms with Crippen molar-refractivity contribution in [3.05, 3.63) is 259 Å². The quantitative estimate of drug-likeness (QED) is 0.154. The number of benzene rings is 10. The van der Waals surface area contributed by atoms with Gasteiger partial charge in [0.2, 0.25) is 0 Å². The largest absolute Gasteiger partial charge is 0.380 e. The summed E-state index contributed by atoms with van der Waals surface area (Å²) in [5.41, 5.74) is 18.3. The molecule has 0 saturated heterocycles. The van der Waals surface area contributed by atoms with Crippen LogP contribution in [0.5, 0.6) is 0 Å². The Balaban J connectivity index is 0.906. The van der Waals surface area contributed by atoms with Crippen molar-refractivity contribution in [3.63, 3.8) is 0 Å². The molecular weight excluding hydrogens is 849 g/mol. The summed E-state index contributed by atoms with van der Waals surface area (Å²) < 4.78 is 7.35. The molecule has 0 aliphatic heterocycles. The molecule has 14 rings (SSSR count). The minimum atomic E-state index is 0.672. The number of hydrogen-bond acceptors (Lipinski definition) is 1. The standard InChI is InChI=1S/C66H48N4/c1-2-16-46(17-3-1)47-31-29-44(30-32-47)39-49-34-33-48-18-4-5-20-53(48)66(49)67-43-45-15-14-19-50(40-45)70-64-41-51(68-60-25-10-6-21-54(60)55-22-7-11-26-61(55)68)35-37-58(64)59-38-36-52(42-65(59)70)69-62-27-12-8-23-56(62)57-24-9-13-28-63(57)69/h1-2,4-16,18-38,40-42,67H,3,17,39,43H2. The van der Waals surface area contributed by atoms with Crippen molar-refractivity contribution < 1.29 is 0 Å². The van der Waals surface area contributed by atoms with Crippen molar-refractivity contribution >= 4 is 87.5 Å². The SMILES string of the molecule is C1=CCCC(c2ccc(Cc3ccc4ccccc4c3NCc3cccc(-n4c5cc(-n6c7ccccc7c7ccccc76)ccc5c5ccc(-n6c7ccccc7c7ccccc76)cc54)c3)cc2)=C1. The van der Waals surface area contributed by atoms with Crippen LogP contribution in [0.15, 0.2) is 237 Å². The topological polar surface area (TPSA) is 26.8 Å². The van der Waals surface area contributed by atoms with Crippen molar-refractivity contribution in [3.8, 4) is 17.1 Å². The number of allylic oxidation sites excluding steroid dienone is 4. The Morgan fingerprint density at radius 2 is 0.900 bits per heavy atom. The smallest absolute Gasteiger partial charge is 0.0561 e. The number of para-hydroxylation sites is 4. The molecule has 0 unspecified atom stereocenters. The first kappa shape index (κ1) is 40.2. The Bertz CT molecular complexity index is 3990. The molecule has 0 amide bonds. The predicted molar refractivity (Wildman–Crippen MR) is 296 cm³/mol. The van der Waals surface area contributed by atoms with Crippen LogP contribution >= 0.6 is 0 Å². The van der Waals surface area contributed by atoms with Crippen LogP contribution in [0.2, 0.25) is 0 Å². The van der Waals surface area contributed by atoms with Gasteiger partial charge in [-0.15, -0.1) is 0 Å². The average molecular weight is 897 g/mol. The molecule has 332 valence electrons. The maximum atomic E-state index is 3.99. The normalized spacial score (nSPS) is 12.9. The van der Waals surface area contributed by atoms with Crippen LogP contribution in [-0.2, 0) is 13.0 Å². The molecule has 13 aromatic rings. The van der Waals surface area contributed by atoms with Crippen molar-refractivity contribution in [2.45, 2.75) is 25.8 Å². The summed E-state index contributed by atoms with van der Waals surface area (Å²) in [6.45, 7) is 0.672. The van der Waals surface area contributed by atoms with Gasteiger partial charge >= 0.3 is 0 Å². The van der Waals surface area contributed by atoms with Crippen molar-refractivity contribution in [2.24, 2.45) is 0 Å². The van der Waals surface area contributed by atoms with Crippen molar-refractivity contribution in [2.75, 3.05) is 5.32 Å². The van der Waals surface area contributed by atoms with Gasteiger partial charge in [0, 0.05) is 67.0 Å². The van der Waals surface area contributed by atoms with Gasteiger partial charge in [-0.3, -0.25) is 0 Å². The van der Waals surface area contributed by atoms with E-state index in [2.05, 4.69) is 256 Å². The van der Waals surface area contributed by atoms with E-state index < -0.39 is 0 Å². The maximum absolute atomic E-state index is 3.99. The van der Waals surface area contributed by atoms with Crippen LogP contribution in [0.4, 0.5) is 5.69 Å². The van der Waals surface area contributed by atoms with E-state index in [4.69, 9.17) is 0 Å². The lowest BCUT2D eigenvalue weighted by Gasteiger charge is -2.17. The van der Waals surface area contributed by atoms with Gasteiger partial charge in [-0.05, 0) is 113 Å². The first-order chi connectivity index (χ1) is 34.7. The van der Waals surface area contributed by atoms with Gasteiger partial charge in [-0.2, -0.15) is 0 Å². The lowest BCUT2D eigenvalue weighted by Crippen LogP contribution is -2.05. The Hall–Kier alpha value is -8.86. The number of nitrogens with one attached hydrogen (secondary N) is 1. The molecule has 0 saturated carbocycles. The highest BCUT2D eigenvalue weighted by molar-refractivity contribution is 6.13.